The summed E-state index contributed by atoms with van der Waals surface area (Å²) in [5, 5.41) is 4.30. The zero-order valence-electron chi connectivity index (χ0n) is 17.4. The van der Waals surface area contributed by atoms with E-state index in [1.54, 1.807) is 17.1 Å². The van der Waals surface area contributed by atoms with Gasteiger partial charge in [-0.05, 0) is 57.2 Å². The molecule has 152 valence electrons. The molecule has 1 fully saturated rings. The molecule has 1 aliphatic rings. The Morgan fingerprint density at radius 1 is 1.17 bits per heavy atom. The van der Waals surface area contributed by atoms with Gasteiger partial charge in [-0.1, -0.05) is 0 Å². The second kappa shape index (κ2) is 8.19. The second-order valence-electron chi connectivity index (χ2n) is 7.93. The van der Waals surface area contributed by atoms with E-state index in [4.69, 9.17) is 0 Å². The van der Waals surface area contributed by atoms with Crippen molar-refractivity contribution in [3.63, 3.8) is 0 Å². The summed E-state index contributed by atoms with van der Waals surface area (Å²) < 4.78 is 3.98. The Morgan fingerprint density at radius 3 is 2.55 bits per heavy atom. The molecule has 1 saturated heterocycles. The zero-order chi connectivity index (χ0) is 20.4. The monoisotopic (exact) mass is 392 g/mol. The van der Waals surface area contributed by atoms with Gasteiger partial charge in [0.05, 0.1) is 5.69 Å². The number of pyridine rings is 1. The summed E-state index contributed by atoms with van der Waals surface area (Å²) in [6.07, 6.45) is 8.73. The Morgan fingerprint density at radius 2 is 1.90 bits per heavy atom. The van der Waals surface area contributed by atoms with Gasteiger partial charge in [-0.25, -0.2) is 4.98 Å². The standard InChI is InChI=1S/C22H28N6O/c1-16-14-20(26(3)25-16)22(29)27-11-6-18(7-12-27)8-13-28-17(2)15-24-21(28)19-4-9-23-10-5-19/h4-5,9-10,14-15,18H,6-8,11-13H2,1-3H3. The molecule has 4 rings (SSSR count). The van der Waals surface area contributed by atoms with Gasteiger partial charge in [0.25, 0.3) is 5.91 Å². The van der Waals surface area contributed by atoms with E-state index in [9.17, 15) is 4.79 Å². The van der Waals surface area contributed by atoms with Gasteiger partial charge >= 0.3 is 0 Å². The van der Waals surface area contributed by atoms with Crippen molar-refractivity contribution in [2.45, 2.75) is 39.7 Å². The van der Waals surface area contributed by atoms with Crippen LogP contribution in [0.5, 0.6) is 0 Å². The van der Waals surface area contributed by atoms with Gasteiger partial charge in [-0.15, -0.1) is 0 Å². The van der Waals surface area contributed by atoms with Crippen LogP contribution in [0.25, 0.3) is 11.4 Å². The van der Waals surface area contributed by atoms with Crippen LogP contribution in [0.3, 0.4) is 0 Å². The fraction of sp³-hybridized carbons (Fsp3) is 0.455. The lowest BCUT2D eigenvalue weighted by molar-refractivity contribution is 0.0674. The van der Waals surface area contributed by atoms with E-state index in [2.05, 4.69) is 26.6 Å². The molecule has 1 amide bonds. The van der Waals surface area contributed by atoms with Gasteiger partial charge in [0.15, 0.2) is 0 Å². The van der Waals surface area contributed by atoms with Gasteiger partial charge in [-0.2, -0.15) is 5.10 Å². The van der Waals surface area contributed by atoms with Gasteiger partial charge in [0.2, 0.25) is 0 Å². The van der Waals surface area contributed by atoms with Crippen LogP contribution in [0, 0.1) is 19.8 Å². The summed E-state index contributed by atoms with van der Waals surface area (Å²) in [7, 11) is 1.83. The molecule has 1 aliphatic heterocycles. The van der Waals surface area contributed by atoms with Crippen molar-refractivity contribution in [3.8, 4) is 11.4 Å². The highest BCUT2D eigenvalue weighted by Gasteiger charge is 2.25. The predicted octanol–water partition coefficient (Wildman–Crippen LogP) is 3.24. The summed E-state index contributed by atoms with van der Waals surface area (Å²) in [6, 6.07) is 5.88. The molecule has 0 unspecified atom stereocenters. The van der Waals surface area contributed by atoms with Crippen molar-refractivity contribution in [2.24, 2.45) is 13.0 Å². The number of rotatable bonds is 5. The van der Waals surface area contributed by atoms with E-state index in [-0.39, 0.29) is 5.91 Å². The Balaban J connectivity index is 1.35. The van der Waals surface area contributed by atoms with Crippen LogP contribution in [0.4, 0.5) is 0 Å². The molecule has 29 heavy (non-hydrogen) atoms. The number of carbonyl (C=O) groups is 1. The molecule has 0 atom stereocenters. The number of aromatic nitrogens is 5. The number of imidazole rings is 1. The van der Waals surface area contributed by atoms with E-state index in [0.29, 0.717) is 11.6 Å². The van der Waals surface area contributed by atoms with E-state index in [1.165, 1.54) is 5.69 Å². The summed E-state index contributed by atoms with van der Waals surface area (Å²) in [5.41, 5.74) is 3.83. The molecule has 0 saturated carbocycles. The number of hydrogen-bond acceptors (Lipinski definition) is 4. The third-order valence-electron chi connectivity index (χ3n) is 5.88. The number of amides is 1. The van der Waals surface area contributed by atoms with Crippen LogP contribution in [-0.4, -0.2) is 48.2 Å². The molecule has 0 spiro atoms. The molecule has 7 heteroatoms. The zero-order valence-corrected chi connectivity index (χ0v) is 17.4. The first kappa shape index (κ1) is 19.4. The van der Waals surface area contributed by atoms with Gasteiger partial charge in [-0.3, -0.25) is 14.5 Å². The average molecular weight is 393 g/mol. The smallest absolute Gasteiger partial charge is 0.272 e. The molecule has 0 N–H and O–H groups in total. The molecule has 0 bridgehead atoms. The lowest BCUT2D eigenvalue weighted by atomic mass is 9.93. The third-order valence-corrected chi connectivity index (χ3v) is 5.88. The maximum absolute atomic E-state index is 12.8. The lowest BCUT2D eigenvalue weighted by Gasteiger charge is -2.32. The van der Waals surface area contributed by atoms with Crippen LogP contribution < -0.4 is 0 Å². The highest BCUT2D eigenvalue weighted by atomic mass is 16.2. The number of piperidine rings is 1. The highest BCUT2D eigenvalue weighted by molar-refractivity contribution is 5.92. The SMILES string of the molecule is Cc1cc(C(=O)N2CCC(CCn3c(C)cnc3-c3ccncc3)CC2)n(C)n1. The van der Waals surface area contributed by atoms with Crippen LogP contribution in [-0.2, 0) is 13.6 Å². The second-order valence-corrected chi connectivity index (χ2v) is 7.93. The van der Waals surface area contributed by atoms with E-state index < -0.39 is 0 Å². The van der Waals surface area contributed by atoms with Crippen LogP contribution in [0.15, 0.2) is 36.8 Å². The minimum absolute atomic E-state index is 0.0944. The molecule has 0 aromatic carbocycles. The molecule has 0 radical (unpaired) electrons. The summed E-state index contributed by atoms with van der Waals surface area (Å²) in [5.74, 6) is 1.72. The van der Waals surface area contributed by atoms with Crippen LogP contribution in [0.2, 0.25) is 0 Å². The molecule has 0 aliphatic carbocycles. The lowest BCUT2D eigenvalue weighted by Crippen LogP contribution is -2.39. The van der Waals surface area contributed by atoms with Crippen molar-refractivity contribution in [2.75, 3.05) is 13.1 Å². The summed E-state index contributed by atoms with van der Waals surface area (Å²) in [6.45, 7) is 6.60. The average Bonchev–Trinajstić information content (AvgIpc) is 3.28. The summed E-state index contributed by atoms with van der Waals surface area (Å²) >= 11 is 0. The molecule has 4 heterocycles. The van der Waals surface area contributed by atoms with Crippen molar-refractivity contribution < 1.29 is 4.79 Å². The first-order chi connectivity index (χ1) is 14.0. The predicted molar refractivity (Wildman–Crippen MR) is 111 cm³/mol. The number of likely N-dealkylation sites (tertiary alicyclic amines) is 1. The Bertz CT molecular complexity index is 982. The number of hydrogen-bond donors (Lipinski definition) is 0. The van der Waals surface area contributed by atoms with Crippen LogP contribution >= 0.6 is 0 Å². The molecule has 3 aromatic rings. The maximum atomic E-state index is 12.8. The molecule has 3 aromatic heterocycles. The van der Waals surface area contributed by atoms with Gasteiger partial charge in [0.1, 0.15) is 11.5 Å². The quantitative estimate of drug-likeness (QED) is 0.668. The van der Waals surface area contributed by atoms with Gasteiger partial charge < -0.3 is 9.47 Å². The Labute approximate surface area is 171 Å². The highest BCUT2D eigenvalue weighted by Crippen LogP contribution is 2.25. The number of carbonyl (C=O) groups excluding carboxylic acids is 1. The van der Waals surface area contributed by atoms with Crippen molar-refractivity contribution in [3.05, 3.63) is 53.9 Å². The third kappa shape index (κ3) is 4.09. The van der Waals surface area contributed by atoms with Crippen molar-refractivity contribution >= 4 is 5.91 Å². The van der Waals surface area contributed by atoms with E-state index in [1.807, 2.05) is 43.3 Å². The first-order valence-electron chi connectivity index (χ1n) is 10.3. The molecule has 7 nitrogen and oxygen atoms in total. The van der Waals surface area contributed by atoms with E-state index in [0.717, 1.165) is 56.0 Å². The minimum Gasteiger partial charge on any atom is -0.337 e. The largest absolute Gasteiger partial charge is 0.337 e. The van der Waals surface area contributed by atoms with E-state index >= 15 is 0 Å². The van der Waals surface area contributed by atoms with Crippen molar-refractivity contribution in [1.29, 1.82) is 0 Å². The normalized spacial score (nSPS) is 15.1. The Hall–Kier alpha value is -2.96. The fourth-order valence-corrected chi connectivity index (χ4v) is 4.18. The topological polar surface area (TPSA) is 68.8 Å². The summed E-state index contributed by atoms with van der Waals surface area (Å²) in [4.78, 5) is 23.5. The van der Waals surface area contributed by atoms with Crippen molar-refractivity contribution in [1.82, 2.24) is 29.2 Å². The minimum atomic E-state index is 0.0944. The Kier molecular flexibility index (Phi) is 5.47. The fourth-order valence-electron chi connectivity index (χ4n) is 4.18. The van der Waals surface area contributed by atoms with Gasteiger partial charge in [0, 0.05) is 56.5 Å². The molecular formula is C22H28N6O. The maximum Gasteiger partial charge on any atom is 0.272 e. The first-order valence-corrected chi connectivity index (χ1v) is 10.3. The number of nitrogens with zero attached hydrogens (tertiary/aromatic N) is 6. The number of aryl methyl sites for hydroxylation is 3. The molecular weight excluding hydrogens is 364 g/mol. The van der Waals surface area contributed by atoms with Crippen LogP contribution in [0.1, 0.15) is 41.1 Å².